The van der Waals surface area contributed by atoms with Gasteiger partial charge in [-0.05, 0) is 0 Å². The number of rotatable bonds is 0. The largest absolute Gasteiger partial charge is 0.199 e. The minimum Gasteiger partial charge on any atom is -0.199 e. The quantitative estimate of drug-likeness (QED) is 0.350. The van der Waals surface area contributed by atoms with Crippen molar-refractivity contribution in [3.05, 3.63) is 70.8 Å². The Morgan fingerprint density at radius 2 is 1.68 bits per heavy atom. The van der Waals surface area contributed by atoms with Crippen LogP contribution < -0.4 is 0 Å². The second-order valence-electron chi connectivity index (χ2n) is 4.92. The molecule has 0 fully saturated rings. The molecule has 0 amide bonds. The van der Waals surface area contributed by atoms with Crippen LogP contribution in [0.4, 0.5) is 0 Å². The van der Waals surface area contributed by atoms with Gasteiger partial charge in [-0.3, -0.25) is 0 Å². The summed E-state index contributed by atoms with van der Waals surface area (Å²) in [5.74, 6) is 0. The number of aryl methyl sites for hydroxylation is 2. The van der Waals surface area contributed by atoms with Crippen molar-refractivity contribution in [1.82, 2.24) is 0 Å². The van der Waals surface area contributed by atoms with Gasteiger partial charge in [-0.25, -0.2) is 0 Å². The van der Waals surface area contributed by atoms with Crippen molar-refractivity contribution in [2.45, 2.75) is 27.7 Å². The normalized spacial score (nSPS) is 9.68. The van der Waals surface area contributed by atoms with Crippen molar-refractivity contribution >= 4 is 10.8 Å². The fourth-order valence-electron chi connectivity index (χ4n) is 2.20. The Hall–Kier alpha value is -0.950. The van der Waals surface area contributed by atoms with E-state index >= 15 is 0 Å². The van der Waals surface area contributed by atoms with E-state index in [1.54, 1.807) is 0 Å². The van der Waals surface area contributed by atoms with Gasteiger partial charge in [-0.15, -0.1) is 29.7 Å². The molecule has 0 radical (unpaired) electrons. The van der Waals surface area contributed by atoms with Crippen LogP contribution in [0.3, 0.4) is 0 Å². The summed E-state index contributed by atoms with van der Waals surface area (Å²) in [5, 5.41) is 2.66. The first-order chi connectivity index (χ1) is 8.59. The van der Waals surface area contributed by atoms with Gasteiger partial charge in [0.15, 0.2) is 0 Å². The van der Waals surface area contributed by atoms with Crippen LogP contribution in [0, 0.1) is 27.7 Å². The monoisotopic (exact) mass is 416 g/mol. The van der Waals surface area contributed by atoms with Gasteiger partial charge in [0.1, 0.15) is 0 Å². The van der Waals surface area contributed by atoms with Gasteiger partial charge in [-0.1, -0.05) is 33.8 Å². The zero-order valence-electron chi connectivity index (χ0n) is 12.1. The molecule has 0 atom stereocenters. The summed E-state index contributed by atoms with van der Waals surface area (Å²) in [4.78, 5) is 0. The Labute approximate surface area is 135 Å². The van der Waals surface area contributed by atoms with Crippen LogP contribution in [-0.2, 0) is 25.8 Å². The van der Waals surface area contributed by atoms with Crippen molar-refractivity contribution in [1.29, 1.82) is 0 Å². The molecule has 0 heterocycles. The molecule has 3 aromatic carbocycles. The maximum Gasteiger partial charge on any atom is 0 e. The summed E-state index contributed by atoms with van der Waals surface area (Å²) in [6, 6.07) is 16.9. The van der Waals surface area contributed by atoms with Crippen LogP contribution in [0.5, 0.6) is 0 Å². The molecule has 0 saturated heterocycles. The van der Waals surface area contributed by atoms with Gasteiger partial charge >= 0.3 is 0 Å². The van der Waals surface area contributed by atoms with Crippen LogP contribution in [0.15, 0.2) is 48.5 Å². The first kappa shape index (κ1) is 16.1. The summed E-state index contributed by atoms with van der Waals surface area (Å²) >= 11 is 0. The van der Waals surface area contributed by atoms with E-state index in [-0.39, 0.29) is 25.8 Å². The smallest absolute Gasteiger partial charge is 0 e. The van der Waals surface area contributed by atoms with Crippen molar-refractivity contribution in [3.63, 3.8) is 0 Å². The molecule has 0 aliphatic heterocycles. The molecule has 1 heteroatoms. The van der Waals surface area contributed by atoms with Crippen molar-refractivity contribution in [2.75, 3.05) is 0 Å². The average molecular weight is 415 g/mol. The van der Waals surface area contributed by atoms with Gasteiger partial charge in [0.25, 0.3) is 0 Å². The van der Waals surface area contributed by atoms with Crippen LogP contribution in [0.2, 0.25) is 0 Å². The Bertz CT molecular complexity index is 588. The van der Waals surface area contributed by atoms with E-state index < -0.39 is 0 Å². The molecular weight excluding hydrogens is 395 g/mol. The van der Waals surface area contributed by atoms with Crippen LogP contribution in [0.1, 0.15) is 22.3 Å². The third-order valence-electron chi connectivity index (χ3n) is 3.73. The van der Waals surface area contributed by atoms with E-state index in [2.05, 4.69) is 76.2 Å². The van der Waals surface area contributed by atoms with Crippen LogP contribution >= 0.6 is 0 Å². The third-order valence-corrected chi connectivity index (χ3v) is 3.73. The molecule has 0 aliphatic rings. The van der Waals surface area contributed by atoms with Crippen LogP contribution in [0.25, 0.3) is 10.8 Å². The summed E-state index contributed by atoms with van der Waals surface area (Å²) in [6.07, 6.45) is 0. The SMILES string of the molecule is Cc1c[c-](C)c(C)c1C.[Hf].c1ccc2[cH-]ccc2c1. The molecule has 3 aromatic rings. The van der Waals surface area contributed by atoms with E-state index in [9.17, 15) is 0 Å². The number of hydrogen-bond donors (Lipinski definition) is 0. The number of hydrogen-bond acceptors (Lipinski definition) is 0. The third kappa shape index (κ3) is 3.76. The van der Waals surface area contributed by atoms with Gasteiger partial charge in [0, 0.05) is 25.8 Å². The maximum absolute atomic E-state index is 2.24. The second-order valence-corrected chi connectivity index (χ2v) is 4.92. The van der Waals surface area contributed by atoms with E-state index in [1.165, 1.54) is 33.0 Å². The van der Waals surface area contributed by atoms with Gasteiger partial charge in [0.2, 0.25) is 0 Å². The molecule has 0 aliphatic carbocycles. The van der Waals surface area contributed by atoms with Crippen molar-refractivity contribution < 1.29 is 25.8 Å². The molecule has 0 saturated carbocycles. The van der Waals surface area contributed by atoms with Crippen molar-refractivity contribution in [2.24, 2.45) is 0 Å². The number of fused-ring (bicyclic) bond motifs is 1. The molecule has 0 nitrogen and oxygen atoms in total. The Balaban J connectivity index is 0.000000180. The van der Waals surface area contributed by atoms with Gasteiger partial charge in [0.05, 0.1) is 0 Å². The van der Waals surface area contributed by atoms with Crippen LogP contribution in [-0.4, -0.2) is 0 Å². The molecular formula is C18H20Hf-2. The molecule has 0 bridgehead atoms. The zero-order chi connectivity index (χ0) is 13.1. The predicted octanol–water partition coefficient (Wildman–Crippen LogP) is 5.20. The summed E-state index contributed by atoms with van der Waals surface area (Å²) in [5.41, 5.74) is 5.75. The standard InChI is InChI=1S/C9H7.C9H13.Hf/c1-2-5-9-7-3-6-8(9)4-1;1-6-5-7(2)9(4)8(6)3;/h1-7H;5H,1-4H3;/q2*-1;. The molecule has 0 aromatic heterocycles. The molecule has 98 valence electrons. The first-order valence-electron chi connectivity index (χ1n) is 6.40. The Kier molecular flexibility index (Phi) is 5.93. The molecule has 0 unspecified atom stereocenters. The predicted molar refractivity (Wildman–Crippen MR) is 80.5 cm³/mol. The Morgan fingerprint density at radius 3 is 2.16 bits per heavy atom. The second kappa shape index (κ2) is 7.00. The Morgan fingerprint density at radius 1 is 1.00 bits per heavy atom. The molecule has 3 rings (SSSR count). The minimum absolute atomic E-state index is 0. The average Bonchev–Trinajstić information content (AvgIpc) is 2.92. The first-order valence-corrected chi connectivity index (χ1v) is 6.40. The fraction of sp³-hybridized carbons (Fsp3) is 0.222. The van der Waals surface area contributed by atoms with E-state index in [0.29, 0.717) is 0 Å². The van der Waals surface area contributed by atoms with Gasteiger partial charge in [-0.2, -0.15) is 45.8 Å². The summed E-state index contributed by atoms with van der Waals surface area (Å²) in [7, 11) is 0. The zero-order valence-corrected chi connectivity index (χ0v) is 15.7. The van der Waals surface area contributed by atoms with E-state index in [1.807, 2.05) is 0 Å². The van der Waals surface area contributed by atoms with Gasteiger partial charge < -0.3 is 0 Å². The van der Waals surface area contributed by atoms with E-state index in [0.717, 1.165) is 0 Å². The number of benzene rings is 1. The molecule has 19 heavy (non-hydrogen) atoms. The summed E-state index contributed by atoms with van der Waals surface area (Å²) < 4.78 is 0. The molecule has 0 spiro atoms. The molecule has 0 N–H and O–H groups in total. The van der Waals surface area contributed by atoms with Crippen molar-refractivity contribution in [3.8, 4) is 0 Å². The maximum atomic E-state index is 2.24. The topological polar surface area (TPSA) is 0 Å². The van der Waals surface area contributed by atoms with E-state index in [4.69, 9.17) is 0 Å². The summed E-state index contributed by atoms with van der Waals surface area (Å²) in [6.45, 7) is 8.68. The minimum atomic E-state index is 0. The fourth-order valence-corrected chi connectivity index (χ4v) is 2.20.